The summed E-state index contributed by atoms with van der Waals surface area (Å²) in [5.74, 6) is -0.874. The maximum atomic E-state index is 10.8. The van der Waals surface area contributed by atoms with Gasteiger partial charge < -0.3 is 15.8 Å². The van der Waals surface area contributed by atoms with Gasteiger partial charge in [-0.05, 0) is 11.5 Å². The fourth-order valence-electron chi connectivity index (χ4n) is 1.03. The predicted octanol–water partition coefficient (Wildman–Crippen LogP) is -1.63. The molecule has 0 spiro atoms. The van der Waals surface area contributed by atoms with Crippen molar-refractivity contribution in [3.8, 4) is 0 Å². The number of nitrogens with two attached hydrogens (primary N) is 1. The summed E-state index contributed by atoms with van der Waals surface area (Å²) in [6, 6.07) is 3.01. The number of hydrogen-bond acceptors (Lipinski definition) is 5. The molecule has 1 aromatic rings. The van der Waals surface area contributed by atoms with E-state index in [0.717, 1.165) is 18.2 Å². The van der Waals surface area contributed by atoms with Gasteiger partial charge in [0.15, 0.2) is 0 Å². The van der Waals surface area contributed by atoms with Crippen LogP contribution in [0.25, 0.3) is 0 Å². The zero-order chi connectivity index (χ0) is 11.6. The number of carbonyl (C=O) groups excluding carboxylic acids is 1. The van der Waals surface area contributed by atoms with Gasteiger partial charge in [0, 0.05) is 17.7 Å². The van der Waals surface area contributed by atoms with Crippen molar-refractivity contribution in [2.24, 2.45) is 5.73 Å². The Hall–Kier alpha value is -1.93. The first-order valence-corrected chi connectivity index (χ1v) is 3.87. The lowest BCUT2D eigenvalue weighted by Crippen LogP contribution is -2.31. The van der Waals surface area contributed by atoms with E-state index < -0.39 is 23.6 Å². The first kappa shape index (κ1) is 11.2. The van der Waals surface area contributed by atoms with Crippen molar-refractivity contribution < 1.29 is 19.8 Å². The highest BCUT2D eigenvalue weighted by atomic mass is 16.6. The molecule has 8 heteroatoms. The summed E-state index contributed by atoms with van der Waals surface area (Å²) in [6.45, 7) is 0. The van der Waals surface area contributed by atoms with Crippen LogP contribution in [0.3, 0.4) is 0 Å². The van der Waals surface area contributed by atoms with Gasteiger partial charge >= 0.3 is 7.12 Å². The standard InChI is InChI=1S/C7H7BN2O5/c9-7(11)4-1-5(8(12)13)3-6(2-4)10(14)15/h1-3,12-13H,(H2,9,11). The third-order valence-corrected chi connectivity index (χ3v) is 1.73. The first-order valence-electron chi connectivity index (χ1n) is 3.87. The third kappa shape index (κ3) is 2.52. The molecule has 0 aliphatic rings. The lowest BCUT2D eigenvalue weighted by Gasteiger charge is -2.02. The Kier molecular flexibility index (Phi) is 3.03. The maximum absolute atomic E-state index is 10.8. The summed E-state index contributed by atoms with van der Waals surface area (Å²) in [6.07, 6.45) is 0. The zero-order valence-corrected chi connectivity index (χ0v) is 7.45. The van der Waals surface area contributed by atoms with Gasteiger partial charge in [0.25, 0.3) is 5.69 Å². The third-order valence-electron chi connectivity index (χ3n) is 1.73. The van der Waals surface area contributed by atoms with Crippen molar-refractivity contribution in [3.05, 3.63) is 33.9 Å². The van der Waals surface area contributed by atoms with E-state index in [0.29, 0.717) is 0 Å². The summed E-state index contributed by atoms with van der Waals surface area (Å²) in [7, 11) is -1.89. The van der Waals surface area contributed by atoms with E-state index in [2.05, 4.69) is 0 Å². The maximum Gasteiger partial charge on any atom is 0.488 e. The molecule has 0 bridgehead atoms. The molecule has 4 N–H and O–H groups in total. The molecular weight excluding hydrogens is 203 g/mol. The Morgan fingerprint density at radius 3 is 2.40 bits per heavy atom. The Labute approximate surface area is 84.4 Å². The van der Waals surface area contributed by atoms with Gasteiger partial charge in [-0.2, -0.15) is 0 Å². The topological polar surface area (TPSA) is 127 Å². The summed E-state index contributed by atoms with van der Waals surface area (Å²) < 4.78 is 0. The summed E-state index contributed by atoms with van der Waals surface area (Å²) in [5.41, 5.74) is 4.20. The van der Waals surface area contributed by atoms with Crippen LogP contribution in [0.15, 0.2) is 18.2 Å². The van der Waals surface area contributed by atoms with Crippen molar-refractivity contribution in [1.29, 1.82) is 0 Å². The van der Waals surface area contributed by atoms with E-state index in [9.17, 15) is 14.9 Å². The van der Waals surface area contributed by atoms with Gasteiger partial charge in [0.2, 0.25) is 5.91 Å². The van der Waals surface area contributed by atoms with Crippen LogP contribution in [0.4, 0.5) is 5.69 Å². The largest absolute Gasteiger partial charge is 0.488 e. The van der Waals surface area contributed by atoms with Crippen LogP contribution in [0.1, 0.15) is 10.4 Å². The summed E-state index contributed by atoms with van der Waals surface area (Å²) >= 11 is 0. The molecule has 0 unspecified atom stereocenters. The molecule has 0 aliphatic heterocycles. The van der Waals surface area contributed by atoms with Crippen LogP contribution in [0, 0.1) is 10.1 Å². The molecule has 0 saturated heterocycles. The molecular formula is C7H7BN2O5. The Morgan fingerprint density at radius 1 is 1.40 bits per heavy atom. The van der Waals surface area contributed by atoms with Gasteiger partial charge in [0.05, 0.1) is 4.92 Å². The van der Waals surface area contributed by atoms with Gasteiger partial charge in [-0.25, -0.2) is 0 Å². The van der Waals surface area contributed by atoms with E-state index in [1.54, 1.807) is 0 Å². The molecule has 1 amide bonds. The first-order chi connectivity index (χ1) is 6.91. The number of hydrogen-bond donors (Lipinski definition) is 3. The van der Waals surface area contributed by atoms with Crippen molar-refractivity contribution >= 4 is 24.2 Å². The van der Waals surface area contributed by atoms with E-state index in [4.69, 9.17) is 15.8 Å². The van der Waals surface area contributed by atoms with Crippen molar-refractivity contribution in [1.82, 2.24) is 0 Å². The lowest BCUT2D eigenvalue weighted by molar-refractivity contribution is -0.384. The molecule has 0 saturated carbocycles. The highest BCUT2D eigenvalue weighted by Crippen LogP contribution is 2.11. The molecule has 78 valence electrons. The minimum Gasteiger partial charge on any atom is -0.423 e. The fraction of sp³-hybridized carbons (Fsp3) is 0. The smallest absolute Gasteiger partial charge is 0.423 e. The van der Waals surface area contributed by atoms with Crippen LogP contribution in [-0.2, 0) is 0 Å². The van der Waals surface area contributed by atoms with Gasteiger partial charge in [-0.1, -0.05) is 0 Å². The Bertz CT molecular complexity index is 388. The van der Waals surface area contributed by atoms with Gasteiger partial charge in [0.1, 0.15) is 0 Å². The second kappa shape index (κ2) is 4.07. The number of nitro benzene ring substituents is 1. The normalized spacial score (nSPS) is 9.73. The Balaban J connectivity index is 3.32. The zero-order valence-electron chi connectivity index (χ0n) is 7.45. The minimum atomic E-state index is -1.89. The number of primary amides is 1. The highest BCUT2D eigenvalue weighted by molar-refractivity contribution is 6.58. The van der Waals surface area contributed by atoms with Crippen LogP contribution < -0.4 is 11.2 Å². The number of rotatable bonds is 3. The van der Waals surface area contributed by atoms with Gasteiger partial charge in [-0.15, -0.1) is 0 Å². The SMILES string of the molecule is NC(=O)c1cc(B(O)O)cc([N+](=O)[O-])c1. The average molecular weight is 210 g/mol. The number of carbonyl (C=O) groups is 1. The molecule has 0 heterocycles. The fourth-order valence-corrected chi connectivity index (χ4v) is 1.03. The van der Waals surface area contributed by atoms with Crippen LogP contribution in [-0.4, -0.2) is 28.0 Å². The number of nitrogens with zero attached hydrogens (tertiary/aromatic N) is 1. The second-order valence-electron chi connectivity index (χ2n) is 2.81. The predicted molar refractivity (Wildman–Crippen MR) is 51.4 cm³/mol. The highest BCUT2D eigenvalue weighted by Gasteiger charge is 2.18. The number of amides is 1. The molecule has 15 heavy (non-hydrogen) atoms. The van der Waals surface area contributed by atoms with Crippen LogP contribution in [0.2, 0.25) is 0 Å². The van der Waals surface area contributed by atoms with Crippen molar-refractivity contribution in [2.75, 3.05) is 0 Å². The summed E-state index contributed by atoms with van der Waals surface area (Å²) in [5, 5.41) is 28.1. The quantitative estimate of drug-likeness (QED) is 0.313. The van der Waals surface area contributed by atoms with Crippen molar-refractivity contribution in [3.63, 3.8) is 0 Å². The molecule has 0 aliphatic carbocycles. The van der Waals surface area contributed by atoms with Gasteiger partial charge in [-0.3, -0.25) is 14.9 Å². The molecule has 1 rings (SSSR count). The summed E-state index contributed by atoms with van der Waals surface area (Å²) in [4.78, 5) is 20.5. The lowest BCUT2D eigenvalue weighted by atomic mass is 9.79. The Morgan fingerprint density at radius 2 is 2.00 bits per heavy atom. The monoisotopic (exact) mass is 210 g/mol. The van der Waals surface area contributed by atoms with E-state index in [1.165, 1.54) is 0 Å². The molecule has 0 atom stereocenters. The number of benzene rings is 1. The minimum absolute atomic E-state index is 0.146. The second-order valence-corrected chi connectivity index (χ2v) is 2.81. The number of non-ortho nitro benzene ring substituents is 1. The van der Waals surface area contributed by atoms with E-state index >= 15 is 0 Å². The molecule has 0 aromatic heterocycles. The molecule has 7 nitrogen and oxygen atoms in total. The van der Waals surface area contributed by atoms with Crippen LogP contribution >= 0.6 is 0 Å². The van der Waals surface area contributed by atoms with Crippen molar-refractivity contribution in [2.45, 2.75) is 0 Å². The molecule has 1 aromatic carbocycles. The number of nitro groups is 1. The average Bonchev–Trinajstić information content (AvgIpc) is 2.16. The molecule has 0 fully saturated rings. The molecule has 0 radical (unpaired) electrons. The van der Waals surface area contributed by atoms with E-state index in [-0.39, 0.29) is 11.0 Å². The van der Waals surface area contributed by atoms with E-state index in [1.807, 2.05) is 0 Å². The van der Waals surface area contributed by atoms with Crippen LogP contribution in [0.5, 0.6) is 0 Å².